The molecule has 2 aliphatic carbocycles. The fourth-order valence-electron chi connectivity index (χ4n) is 3.60. The summed E-state index contributed by atoms with van der Waals surface area (Å²) in [5.41, 5.74) is 9.15. The molecule has 0 spiro atoms. The highest BCUT2D eigenvalue weighted by atomic mass is 16.5. The maximum Gasteiger partial charge on any atom is 0.307 e. The number of allylic oxidation sites excluding steroid dienone is 2. The first-order valence-electron chi connectivity index (χ1n) is 7.97. The molecule has 1 fully saturated rings. The smallest absolute Gasteiger partial charge is 0.307 e. The molecule has 0 unspecified atom stereocenters. The molecule has 24 heavy (non-hydrogen) atoms. The lowest BCUT2D eigenvalue weighted by Gasteiger charge is -2.06. The quantitative estimate of drug-likeness (QED) is 0.880. The number of rotatable bonds is 5. The first kappa shape index (κ1) is 14.8. The minimum atomic E-state index is -0.690. The normalized spacial score (nSPS) is 24.4. The van der Waals surface area contributed by atoms with Gasteiger partial charge in [0.15, 0.2) is 0 Å². The fourth-order valence-corrected chi connectivity index (χ4v) is 3.60. The summed E-state index contributed by atoms with van der Waals surface area (Å²) in [5.74, 6) is 0.946. The molecule has 0 bridgehead atoms. The molecule has 1 heterocycles. The van der Waals surface area contributed by atoms with Crippen LogP contribution in [0.25, 0.3) is 5.57 Å². The van der Waals surface area contributed by atoms with E-state index in [0.29, 0.717) is 12.4 Å². The summed E-state index contributed by atoms with van der Waals surface area (Å²) in [6.07, 6.45) is 2.84. The van der Waals surface area contributed by atoms with Crippen LogP contribution in [0.5, 0.6) is 5.75 Å². The second-order valence-electron chi connectivity index (χ2n) is 6.46. The number of hydrogen-bond acceptors (Lipinski definition) is 4. The number of nitrogens with zero attached hydrogens (tertiary/aromatic N) is 2. The molecular weight excluding hydrogens is 306 g/mol. The molecule has 1 aromatic carbocycles. The van der Waals surface area contributed by atoms with E-state index in [1.807, 2.05) is 30.3 Å². The number of benzene rings is 1. The molecule has 2 aliphatic rings. The van der Waals surface area contributed by atoms with Gasteiger partial charge in [0.1, 0.15) is 11.6 Å². The van der Waals surface area contributed by atoms with Gasteiger partial charge in [0.2, 0.25) is 0 Å². The van der Waals surface area contributed by atoms with Crippen LogP contribution in [0.2, 0.25) is 0 Å². The van der Waals surface area contributed by atoms with Crippen LogP contribution >= 0.6 is 0 Å². The molecule has 3 N–H and O–H groups in total. The molecule has 6 nitrogen and oxygen atoms in total. The van der Waals surface area contributed by atoms with Gasteiger partial charge >= 0.3 is 5.97 Å². The van der Waals surface area contributed by atoms with Gasteiger partial charge in [0.25, 0.3) is 0 Å². The minimum absolute atomic E-state index is 0.172. The van der Waals surface area contributed by atoms with E-state index in [1.54, 1.807) is 11.8 Å². The topological polar surface area (TPSA) is 90.4 Å². The standard InChI is InChI=1S/C18H19N3O3/c1-24-12-4-2-10(3-5-12)9-21-16(19)8-15(20-21)11-6-13-14(7-11)17(13)18(22)23/h2-6,8,13-14,17H,7,9,19H2,1H3,(H,22,23)/t13-,14+,17+/m1/s1. The van der Waals surface area contributed by atoms with Crippen LogP contribution in [0.1, 0.15) is 17.7 Å². The van der Waals surface area contributed by atoms with Crippen molar-refractivity contribution in [2.24, 2.45) is 17.8 Å². The zero-order valence-corrected chi connectivity index (χ0v) is 13.3. The maximum atomic E-state index is 11.0. The number of fused-ring (bicyclic) bond motifs is 1. The van der Waals surface area contributed by atoms with Gasteiger partial charge in [-0.1, -0.05) is 18.2 Å². The maximum absolute atomic E-state index is 11.0. The van der Waals surface area contributed by atoms with Crippen LogP contribution < -0.4 is 10.5 Å². The Morgan fingerprint density at radius 1 is 1.42 bits per heavy atom. The largest absolute Gasteiger partial charge is 0.497 e. The molecule has 1 aromatic heterocycles. The van der Waals surface area contributed by atoms with Crippen LogP contribution in [-0.2, 0) is 11.3 Å². The first-order valence-corrected chi connectivity index (χ1v) is 7.97. The summed E-state index contributed by atoms with van der Waals surface area (Å²) in [6, 6.07) is 9.67. The molecule has 1 saturated carbocycles. The molecule has 0 radical (unpaired) electrons. The molecule has 0 saturated heterocycles. The van der Waals surface area contributed by atoms with Gasteiger partial charge in [0.05, 0.1) is 25.3 Å². The predicted octanol–water partition coefficient (Wildman–Crippen LogP) is 2.26. The number of carboxylic acid groups (broad SMARTS) is 1. The van der Waals surface area contributed by atoms with E-state index in [1.165, 1.54) is 0 Å². The summed E-state index contributed by atoms with van der Waals surface area (Å²) in [5, 5.41) is 13.7. The second kappa shape index (κ2) is 5.40. The number of methoxy groups -OCH3 is 1. The number of hydrogen-bond donors (Lipinski definition) is 2. The Hall–Kier alpha value is -2.76. The van der Waals surface area contributed by atoms with Gasteiger partial charge in [-0.15, -0.1) is 0 Å². The van der Waals surface area contributed by atoms with Gasteiger partial charge in [-0.3, -0.25) is 4.79 Å². The van der Waals surface area contributed by atoms with Crippen molar-refractivity contribution in [3.63, 3.8) is 0 Å². The van der Waals surface area contributed by atoms with Crippen molar-refractivity contribution in [3.05, 3.63) is 47.7 Å². The molecule has 0 aliphatic heterocycles. The SMILES string of the molecule is COc1ccc(Cn2nc(C3=C[C@@H]4[C@H](C3)[C@H]4C(=O)O)cc2N)cc1. The van der Waals surface area contributed by atoms with Crippen LogP contribution in [0.4, 0.5) is 5.82 Å². The summed E-state index contributed by atoms with van der Waals surface area (Å²) >= 11 is 0. The number of anilines is 1. The summed E-state index contributed by atoms with van der Waals surface area (Å²) in [7, 11) is 1.64. The fraction of sp³-hybridized carbons (Fsp3) is 0.333. The summed E-state index contributed by atoms with van der Waals surface area (Å²) < 4.78 is 6.93. The van der Waals surface area contributed by atoms with Gasteiger partial charge < -0.3 is 15.6 Å². The van der Waals surface area contributed by atoms with Crippen molar-refractivity contribution in [1.29, 1.82) is 0 Å². The average molecular weight is 325 g/mol. The lowest BCUT2D eigenvalue weighted by molar-refractivity contribution is -0.139. The van der Waals surface area contributed by atoms with E-state index < -0.39 is 5.97 Å². The van der Waals surface area contributed by atoms with Crippen molar-refractivity contribution < 1.29 is 14.6 Å². The number of carbonyl (C=O) groups is 1. The van der Waals surface area contributed by atoms with Gasteiger partial charge in [0, 0.05) is 6.07 Å². The molecule has 2 aromatic rings. The molecule has 6 heteroatoms. The van der Waals surface area contributed by atoms with E-state index in [0.717, 1.165) is 29.0 Å². The highest BCUT2D eigenvalue weighted by molar-refractivity contribution is 5.80. The Labute approximate surface area is 139 Å². The van der Waals surface area contributed by atoms with E-state index in [-0.39, 0.29) is 17.8 Å². The van der Waals surface area contributed by atoms with Gasteiger partial charge in [-0.2, -0.15) is 5.10 Å². The van der Waals surface area contributed by atoms with E-state index in [2.05, 4.69) is 11.2 Å². The minimum Gasteiger partial charge on any atom is -0.497 e. The number of aromatic nitrogens is 2. The average Bonchev–Trinajstić information content (AvgIpc) is 2.89. The van der Waals surface area contributed by atoms with Crippen molar-refractivity contribution in [3.8, 4) is 5.75 Å². The number of nitrogens with two attached hydrogens (primary N) is 1. The lowest BCUT2D eigenvalue weighted by atomic mass is 10.1. The van der Waals surface area contributed by atoms with Gasteiger partial charge in [-0.25, -0.2) is 4.68 Å². The number of nitrogen functional groups attached to an aromatic ring is 1. The van der Waals surface area contributed by atoms with Crippen molar-refractivity contribution >= 4 is 17.4 Å². The van der Waals surface area contributed by atoms with Crippen LogP contribution in [0, 0.1) is 17.8 Å². The summed E-state index contributed by atoms with van der Waals surface area (Å²) in [6.45, 7) is 0.591. The molecule has 124 valence electrons. The third-order valence-electron chi connectivity index (χ3n) is 5.00. The lowest BCUT2D eigenvalue weighted by Crippen LogP contribution is -2.06. The highest BCUT2D eigenvalue weighted by Gasteiger charge is 2.57. The predicted molar refractivity (Wildman–Crippen MR) is 89.4 cm³/mol. The zero-order chi connectivity index (χ0) is 16.8. The van der Waals surface area contributed by atoms with Crippen molar-refractivity contribution in [1.82, 2.24) is 9.78 Å². The molecule has 4 rings (SSSR count). The first-order chi connectivity index (χ1) is 11.6. The van der Waals surface area contributed by atoms with E-state index >= 15 is 0 Å². The Balaban J connectivity index is 1.50. The molecule has 0 amide bonds. The zero-order valence-electron chi connectivity index (χ0n) is 13.3. The summed E-state index contributed by atoms with van der Waals surface area (Å²) in [4.78, 5) is 11.0. The van der Waals surface area contributed by atoms with Gasteiger partial charge in [-0.05, 0) is 41.5 Å². The van der Waals surface area contributed by atoms with E-state index in [4.69, 9.17) is 15.6 Å². The second-order valence-corrected chi connectivity index (χ2v) is 6.46. The van der Waals surface area contributed by atoms with Crippen molar-refractivity contribution in [2.45, 2.75) is 13.0 Å². The number of aliphatic carboxylic acids is 1. The Kier molecular flexibility index (Phi) is 3.33. The number of ether oxygens (including phenoxy) is 1. The number of carboxylic acids is 1. The van der Waals surface area contributed by atoms with Crippen LogP contribution in [0.3, 0.4) is 0 Å². The van der Waals surface area contributed by atoms with Crippen LogP contribution in [-0.4, -0.2) is 28.0 Å². The van der Waals surface area contributed by atoms with Crippen molar-refractivity contribution in [2.75, 3.05) is 12.8 Å². The van der Waals surface area contributed by atoms with Crippen LogP contribution in [0.15, 0.2) is 36.4 Å². The monoisotopic (exact) mass is 325 g/mol. The Bertz CT molecular complexity index is 823. The highest BCUT2D eigenvalue weighted by Crippen LogP contribution is 2.58. The third kappa shape index (κ3) is 2.44. The van der Waals surface area contributed by atoms with E-state index in [9.17, 15) is 4.79 Å². The Morgan fingerprint density at radius 3 is 2.75 bits per heavy atom. The molecule has 3 atom stereocenters. The third-order valence-corrected chi connectivity index (χ3v) is 5.00. The Morgan fingerprint density at radius 2 is 2.17 bits per heavy atom. The molecular formula is C18H19N3O3.